The Hall–Kier alpha value is -4.71. The zero-order valence-electron chi connectivity index (χ0n) is 22.4. The maximum absolute atomic E-state index is 12.8. The van der Waals surface area contributed by atoms with E-state index in [1.807, 2.05) is 42.5 Å². The van der Waals surface area contributed by atoms with Crippen molar-refractivity contribution in [1.29, 1.82) is 0 Å². The van der Waals surface area contributed by atoms with Gasteiger partial charge in [-0.3, -0.25) is 10.2 Å². The van der Waals surface area contributed by atoms with Gasteiger partial charge in [0, 0.05) is 17.6 Å². The monoisotopic (exact) mass is 580 g/mol. The fourth-order valence-corrected chi connectivity index (χ4v) is 4.06. The summed E-state index contributed by atoms with van der Waals surface area (Å²) in [4.78, 5) is 12.8. The van der Waals surface area contributed by atoms with E-state index in [4.69, 9.17) is 12.2 Å². The number of hydrogen-bond acceptors (Lipinski definition) is 5. The summed E-state index contributed by atoms with van der Waals surface area (Å²) in [6, 6.07) is 20.2. The number of hydrogen-bond donors (Lipinski definition) is 3. The number of nitrogens with zero attached hydrogens (tertiary/aromatic N) is 3. The van der Waals surface area contributed by atoms with E-state index in [-0.39, 0.29) is 5.75 Å². The second-order valence-electron chi connectivity index (χ2n) is 9.26. The molecule has 212 valence electrons. The summed E-state index contributed by atoms with van der Waals surface area (Å²) in [6.45, 7) is 5.92. The molecule has 3 aromatic carbocycles. The van der Waals surface area contributed by atoms with Crippen molar-refractivity contribution in [1.82, 2.24) is 15.2 Å². The van der Waals surface area contributed by atoms with Crippen LogP contribution in [0.25, 0.3) is 5.69 Å². The SMILES string of the molecule is Cc1nn(-c2ccc(/C=N/NC(=S)Nc3ccccc3C(C)C)cc2)cc1C(=O)Nc1ccc(OC(F)(F)F)cc1. The van der Waals surface area contributed by atoms with Gasteiger partial charge in [0.1, 0.15) is 5.75 Å². The first-order chi connectivity index (χ1) is 19.5. The number of carbonyl (C=O) groups excluding carboxylic acids is 1. The molecule has 0 saturated heterocycles. The van der Waals surface area contributed by atoms with Crippen LogP contribution in [0, 0.1) is 6.92 Å². The van der Waals surface area contributed by atoms with E-state index in [0.29, 0.717) is 33.7 Å². The number of para-hydroxylation sites is 1. The van der Waals surface area contributed by atoms with Crippen LogP contribution in [0.2, 0.25) is 0 Å². The molecular formula is C29H27F3N6O2S. The number of aromatic nitrogens is 2. The van der Waals surface area contributed by atoms with E-state index >= 15 is 0 Å². The number of amides is 1. The Bertz CT molecular complexity index is 1550. The second kappa shape index (κ2) is 12.6. The molecule has 0 atom stereocenters. The van der Waals surface area contributed by atoms with Gasteiger partial charge < -0.3 is 15.4 Å². The van der Waals surface area contributed by atoms with Gasteiger partial charge in [0.15, 0.2) is 5.11 Å². The van der Waals surface area contributed by atoms with Crippen LogP contribution in [0.1, 0.15) is 46.9 Å². The molecule has 0 aliphatic rings. The lowest BCUT2D eigenvalue weighted by atomic mass is 10.0. The van der Waals surface area contributed by atoms with Gasteiger partial charge >= 0.3 is 6.36 Å². The molecule has 12 heteroatoms. The zero-order valence-corrected chi connectivity index (χ0v) is 23.2. The predicted octanol–water partition coefficient (Wildman–Crippen LogP) is 6.78. The molecule has 3 N–H and O–H groups in total. The Morgan fingerprint density at radius 1 is 1.02 bits per heavy atom. The van der Waals surface area contributed by atoms with E-state index in [9.17, 15) is 18.0 Å². The average molecular weight is 581 g/mol. The number of hydrazone groups is 1. The quantitative estimate of drug-likeness (QED) is 0.121. The van der Waals surface area contributed by atoms with Gasteiger partial charge in [-0.25, -0.2) is 4.68 Å². The molecule has 1 heterocycles. The summed E-state index contributed by atoms with van der Waals surface area (Å²) in [5.41, 5.74) is 7.53. The number of rotatable bonds is 8. The predicted molar refractivity (Wildman–Crippen MR) is 157 cm³/mol. The topological polar surface area (TPSA) is 92.6 Å². The summed E-state index contributed by atoms with van der Waals surface area (Å²) in [5.74, 6) is -0.487. The molecule has 0 fully saturated rings. The van der Waals surface area contributed by atoms with Gasteiger partial charge in [0.25, 0.3) is 5.91 Å². The van der Waals surface area contributed by atoms with Gasteiger partial charge in [-0.15, -0.1) is 13.2 Å². The standard InChI is InChI=1S/C29H27F3N6O2S/c1-18(2)24-6-4-5-7-26(24)35-28(41)36-33-16-20-8-12-22(13-9-20)38-17-25(19(3)37-38)27(39)34-21-10-14-23(15-11-21)40-29(30,31)32/h4-18H,1-3H3,(H,34,39)(H2,35,36,41)/b33-16+. The van der Waals surface area contributed by atoms with Crippen LogP contribution in [0.4, 0.5) is 24.5 Å². The Labute approximate surface area is 240 Å². The maximum atomic E-state index is 12.8. The van der Waals surface area contributed by atoms with Crippen LogP contribution in [0.15, 0.2) is 84.1 Å². The van der Waals surface area contributed by atoms with Crippen molar-refractivity contribution in [2.24, 2.45) is 5.10 Å². The molecule has 1 amide bonds. The molecule has 0 saturated carbocycles. The Balaban J connectivity index is 1.34. The van der Waals surface area contributed by atoms with Gasteiger partial charge in [-0.05, 0) is 78.7 Å². The van der Waals surface area contributed by atoms with E-state index in [1.54, 1.807) is 24.0 Å². The molecular weight excluding hydrogens is 553 g/mol. The van der Waals surface area contributed by atoms with Crippen molar-refractivity contribution in [3.63, 3.8) is 0 Å². The molecule has 0 unspecified atom stereocenters. The summed E-state index contributed by atoms with van der Waals surface area (Å²) >= 11 is 5.36. The number of nitrogens with one attached hydrogen (secondary N) is 3. The number of anilines is 2. The lowest BCUT2D eigenvalue weighted by Gasteiger charge is -2.14. The van der Waals surface area contributed by atoms with E-state index in [0.717, 1.165) is 28.9 Å². The van der Waals surface area contributed by atoms with E-state index < -0.39 is 12.3 Å². The van der Waals surface area contributed by atoms with Gasteiger partial charge in [-0.1, -0.05) is 44.2 Å². The van der Waals surface area contributed by atoms with Crippen LogP contribution in [0.3, 0.4) is 0 Å². The first-order valence-corrected chi connectivity index (χ1v) is 12.9. The molecule has 41 heavy (non-hydrogen) atoms. The number of thiocarbonyl (C=S) groups is 1. The molecule has 0 bridgehead atoms. The fourth-order valence-electron chi connectivity index (χ4n) is 3.90. The number of halogens is 3. The highest BCUT2D eigenvalue weighted by molar-refractivity contribution is 7.80. The first kappa shape index (κ1) is 29.3. The van der Waals surface area contributed by atoms with Crippen molar-refractivity contribution < 1.29 is 22.7 Å². The largest absolute Gasteiger partial charge is 0.573 e. The fraction of sp³-hybridized carbons (Fsp3) is 0.172. The minimum Gasteiger partial charge on any atom is -0.406 e. The first-order valence-electron chi connectivity index (χ1n) is 12.5. The normalized spacial score (nSPS) is 11.5. The third-order valence-corrected chi connectivity index (χ3v) is 6.05. The van der Waals surface area contributed by atoms with Crippen molar-refractivity contribution in [3.05, 3.63) is 101 Å². The molecule has 0 aliphatic heterocycles. The summed E-state index contributed by atoms with van der Waals surface area (Å²) < 4.78 is 42.5. The third kappa shape index (κ3) is 8.15. The Kier molecular flexibility index (Phi) is 9.03. The highest BCUT2D eigenvalue weighted by Crippen LogP contribution is 2.25. The zero-order chi connectivity index (χ0) is 29.6. The number of aryl methyl sites for hydroxylation is 1. The smallest absolute Gasteiger partial charge is 0.406 e. The minimum atomic E-state index is -4.79. The lowest BCUT2D eigenvalue weighted by Crippen LogP contribution is -2.24. The lowest BCUT2D eigenvalue weighted by molar-refractivity contribution is -0.274. The van der Waals surface area contributed by atoms with Gasteiger partial charge in [0.2, 0.25) is 0 Å². The van der Waals surface area contributed by atoms with Crippen molar-refractivity contribution in [2.45, 2.75) is 33.1 Å². The second-order valence-corrected chi connectivity index (χ2v) is 9.66. The molecule has 4 aromatic rings. The Morgan fingerprint density at radius 2 is 1.71 bits per heavy atom. The van der Waals surface area contributed by atoms with Crippen LogP contribution in [-0.4, -0.2) is 33.4 Å². The summed E-state index contributed by atoms with van der Waals surface area (Å²) in [6.07, 6.45) is -1.58. The molecule has 1 aromatic heterocycles. The third-order valence-electron chi connectivity index (χ3n) is 5.86. The molecule has 0 radical (unpaired) electrons. The number of benzene rings is 3. The highest BCUT2D eigenvalue weighted by Gasteiger charge is 2.31. The number of alkyl halides is 3. The molecule has 0 spiro atoms. The van der Waals surface area contributed by atoms with Crippen molar-refractivity contribution >= 4 is 40.8 Å². The van der Waals surface area contributed by atoms with Crippen molar-refractivity contribution in [2.75, 3.05) is 10.6 Å². The van der Waals surface area contributed by atoms with Crippen LogP contribution in [0.5, 0.6) is 5.75 Å². The van der Waals surface area contributed by atoms with Crippen LogP contribution < -0.4 is 20.8 Å². The van der Waals surface area contributed by atoms with Gasteiger partial charge in [-0.2, -0.15) is 10.2 Å². The number of ether oxygens (including phenoxy) is 1. The average Bonchev–Trinajstić information content (AvgIpc) is 3.31. The van der Waals surface area contributed by atoms with Crippen LogP contribution in [-0.2, 0) is 0 Å². The summed E-state index contributed by atoms with van der Waals surface area (Å²) in [5, 5.41) is 14.8. The molecule has 8 nitrogen and oxygen atoms in total. The molecule has 4 rings (SSSR count). The maximum Gasteiger partial charge on any atom is 0.573 e. The number of carbonyl (C=O) groups is 1. The van der Waals surface area contributed by atoms with Crippen molar-refractivity contribution in [3.8, 4) is 11.4 Å². The molecule has 0 aliphatic carbocycles. The van der Waals surface area contributed by atoms with Crippen LogP contribution >= 0.6 is 12.2 Å². The van der Waals surface area contributed by atoms with E-state index in [2.05, 4.69) is 50.9 Å². The Morgan fingerprint density at radius 3 is 2.37 bits per heavy atom. The highest BCUT2D eigenvalue weighted by atomic mass is 32.1. The van der Waals surface area contributed by atoms with Gasteiger partial charge in [0.05, 0.1) is 23.2 Å². The summed E-state index contributed by atoms with van der Waals surface area (Å²) in [7, 11) is 0. The minimum absolute atomic E-state index is 0.313. The van der Waals surface area contributed by atoms with E-state index in [1.165, 1.54) is 12.1 Å².